The van der Waals surface area contributed by atoms with Gasteiger partial charge in [0.15, 0.2) is 5.96 Å². The summed E-state index contributed by atoms with van der Waals surface area (Å²) in [4.78, 5) is 10.1. The zero-order chi connectivity index (χ0) is 20.9. The van der Waals surface area contributed by atoms with Gasteiger partial charge in [0.2, 0.25) is 0 Å². The van der Waals surface area contributed by atoms with Crippen molar-refractivity contribution in [3.8, 4) is 5.75 Å². The number of aromatic hydroxyl groups is 1. The smallest absolute Gasteiger partial charge is 0.198 e. The molecule has 0 spiro atoms. The van der Waals surface area contributed by atoms with Gasteiger partial charge in [-0.15, -0.1) is 0 Å². The maximum atomic E-state index is 13.8. The van der Waals surface area contributed by atoms with Crippen LogP contribution in [0.15, 0.2) is 23.2 Å². The van der Waals surface area contributed by atoms with Crippen LogP contribution in [0.4, 0.5) is 10.1 Å². The van der Waals surface area contributed by atoms with Crippen molar-refractivity contribution < 1.29 is 9.50 Å². The predicted octanol–water partition coefficient (Wildman–Crippen LogP) is 4.83. The van der Waals surface area contributed by atoms with Crippen molar-refractivity contribution in [2.45, 2.75) is 76.8 Å². The van der Waals surface area contributed by atoms with Gasteiger partial charge in [-0.05, 0) is 43.7 Å². The van der Waals surface area contributed by atoms with E-state index >= 15 is 0 Å². The number of benzene rings is 1. The van der Waals surface area contributed by atoms with E-state index in [0.717, 1.165) is 44.6 Å². The van der Waals surface area contributed by atoms with Crippen LogP contribution >= 0.6 is 0 Å². The minimum absolute atomic E-state index is 0.0571. The van der Waals surface area contributed by atoms with Gasteiger partial charge in [0.05, 0.1) is 11.7 Å². The number of phenolic OH excluding ortho intramolecular Hbond substituents is 1. The Morgan fingerprint density at radius 2 is 1.70 bits per heavy atom. The Balaban J connectivity index is 1.49. The summed E-state index contributed by atoms with van der Waals surface area (Å²) in [6, 6.07) is 5.06. The highest BCUT2D eigenvalue weighted by atomic mass is 19.1. The van der Waals surface area contributed by atoms with Gasteiger partial charge in [0.1, 0.15) is 11.6 Å². The fraction of sp³-hybridized carbons (Fsp3) is 0.708. The largest absolute Gasteiger partial charge is 0.506 e. The van der Waals surface area contributed by atoms with E-state index in [-0.39, 0.29) is 17.6 Å². The van der Waals surface area contributed by atoms with Gasteiger partial charge in [0, 0.05) is 38.3 Å². The molecular weight excluding hydrogens is 379 g/mol. The molecule has 1 aliphatic heterocycles. The number of halogens is 1. The molecule has 1 aromatic carbocycles. The number of piperazine rings is 1. The van der Waals surface area contributed by atoms with Gasteiger partial charge < -0.3 is 15.3 Å². The van der Waals surface area contributed by atoms with Crippen LogP contribution in [0.5, 0.6) is 5.75 Å². The quantitative estimate of drug-likeness (QED) is 0.421. The Kier molecular flexibility index (Phi) is 7.13. The molecule has 4 rings (SSSR count). The van der Waals surface area contributed by atoms with Gasteiger partial charge in [0.25, 0.3) is 0 Å². The minimum Gasteiger partial charge on any atom is -0.506 e. The van der Waals surface area contributed by atoms with Crippen molar-refractivity contribution in [2.24, 2.45) is 10.9 Å². The summed E-state index contributed by atoms with van der Waals surface area (Å²) in [5, 5.41) is 13.5. The summed E-state index contributed by atoms with van der Waals surface area (Å²) >= 11 is 0. The molecule has 0 radical (unpaired) electrons. The van der Waals surface area contributed by atoms with E-state index in [1.807, 2.05) is 0 Å². The second kappa shape index (κ2) is 9.99. The van der Waals surface area contributed by atoms with Crippen molar-refractivity contribution in [1.82, 2.24) is 9.80 Å². The van der Waals surface area contributed by atoms with E-state index < -0.39 is 0 Å². The van der Waals surface area contributed by atoms with Crippen molar-refractivity contribution in [2.75, 3.05) is 31.5 Å². The number of hydrogen-bond donors (Lipinski definition) is 2. The standard InChI is InChI=1S/C24H37FN4O/c1-18-7-5-6-10-21(18)26-24(27-22-17-19(25)11-12-23(22)30)29-15-13-28(14-16-29)20-8-3-2-4-9-20/h11-12,17-18,20-21,30H,2-10,13-16H2,1H3,(H,26,27). The molecule has 2 saturated carbocycles. The second-order valence-electron chi connectivity index (χ2n) is 9.38. The maximum Gasteiger partial charge on any atom is 0.198 e. The van der Waals surface area contributed by atoms with E-state index in [9.17, 15) is 9.50 Å². The molecule has 6 heteroatoms. The molecule has 1 aromatic rings. The molecule has 1 heterocycles. The number of phenols is 1. The molecule has 166 valence electrons. The summed E-state index contributed by atoms with van der Waals surface area (Å²) < 4.78 is 13.8. The van der Waals surface area contributed by atoms with Crippen molar-refractivity contribution in [1.29, 1.82) is 0 Å². The van der Waals surface area contributed by atoms with Crippen molar-refractivity contribution in [3.05, 3.63) is 24.0 Å². The second-order valence-corrected chi connectivity index (χ2v) is 9.38. The van der Waals surface area contributed by atoms with E-state index in [4.69, 9.17) is 4.99 Å². The first-order valence-electron chi connectivity index (χ1n) is 11.9. The summed E-state index contributed by atoms with van der Waals surface area (Å²) in [5.74, 6) is 1.04. The van der Waals surface area contributed by atoms with E-state index in [1.54, 1.807) is 0 Å². The van der Waals surface area contributed by atoms with Gasteiger partial charge in [-0.3, -0.25) is 4.90 Å². The average Bonchev–Trinajstić information content (AvgIpc) is 2.78. The third kappa shape index (κ3) is 5.26. The zero-order valence-corrected chi connectivity index (χ0v) is 18.3. The predicted molar refractivity (Wildman–Crippen MR) is 121 cm³/mol. The fourth-order valence-electron chi connectivity index (χ4n) is 5.31. The lowest BCUT2D eigenvalue weighted by molar-refractivity contribution is 0.107. The van der Waals surface area contributed by atoms with Gasteiger partial charge in [-0.1, -0.05) is 39.0 Å². The molecule has 3 fully saturated rings. The Morgan fingerprint density at radius 3 is 2.43 bits per heavy atom. The molecule has 2 aliphatic carbocycles. The zero-order valence-electron chi connectivity index (χ0n) is 18.3. The molecule has 2 unspecified atom stereocenters. The van der Waals surface area contributed by atoms with Crippen LogP contribution < -0.4 is 5.32 Å². The topological polar surface area (TPSA) is 51.1 Å². The highest BCUT2D eigenvalue weighted by molar-refractivity contribution is 5.95. The van der Waals surface area contributed by atoms with Gasteiger partial charge in [-0.2, -0.15) is 0 Å². The molecule has 0 aromatic heterocycles. The van der Waals surface area contributed by atoms with Crippen molar-refractivity contribution in [3.63, 3.8) is 0 Å². The Labute approximate surface area is 180 Å². The molecule has 2 atom stereocenters. The monoisotopic (exact) mass is 416 g/mol. The molecule has 30 heavy (non-hydrogen) atoms. The van der Waals surface area contributed by atoms with E-state index in [1.165, 1.54) is 69.6 Å². The molecule has 1 saturated heterocycles. The lowest BCUT2D eigenvalue weighted by Crippen LogP contribution is -2.54. The number of aliphatic imine (C=N–C) groups is 1. The number of nitrogens with one attached hydrogen (secondary N) is 1. The van der Waals surface area contributed by atoms with Crippen LogP contribution in [0.1, 0.15) is 64.7 Å². The average molecular weight is 417 g/mol. The number of nitrogens with zero attached hydrogens (tertiary/aromatic N) is 3. The first kappa shape index (κ1) is 21.4. The SMILES string of the molecule is CC1CCCCC1N=C(Nc1cc(F)ccc1O)N1CCN(C2CCCCC2)CC1. The van der Waals surface area contributed by atoms with Crippen LogP contribution in [0, 0.1) is 11.7 Å². The highest BCUT2D eigenvalue weighted by Gasteiger charge is 2.28. The van der Waals surface area contributed by atoms with Crippen LogP contribution in [0.2, 0.25) is 0 Å². The lowest BCUT2D eigenvalue weighted by Gasteiger charge is -2.42. The first-order valence-corrected chi connectivity index (χ1v) is 11.9. The summed E-state index contributed by atoms with van der Waals surface area (Å²) in [5.41, 5.74) is 0.395. The Morgan fingerprint density at radius 1 is 1.00 bits per heavy atom. The molecule has 5 nitrogen and oxygen atoms in total. The van der Waals surface area contributed by atoms with Gasteiger partial charge in [-0.25, -0.2) is 9.38 Å². The number of hydrogen-bond acceptors (Lipinski definition) is 3. The Hall–Kier alpha value is -1.82. The lowest BCUT2D eigenvalue weighted by atomic mass is 9.86. The number of guanidine groups is 1. The summed E-state index contributed by atoms with van der Waals surface area (Å²) in [6.07, 6.45) is 11.6. The van der Waals surface area contributed by atoms with Crippen LogP contribution in [0.25, 0.3) is 0 Å². The molecule has 0 bridgehead atoms. The summed E-state index contributed by atoms with van der Waals surface area (Å²) in [7, 11) is 0. The maximum absolute atomic E-state index is 13.8. The molecular formula is C24H37FN4O. The van der Waals surface area contributed by atoms with E-state index in [0.29, 0.717) is 11.6 Å². The van der Waals surface area contributed by atoms with E-state index in [2.05, 4.69) is 22.0 Å². The minimum atomic E-state index is -0.359. The first-order chi connectivity index (χ1) is 14.6. The van der Waals surface area contributed by atoms with Crippen LogP contribution in [-0.4, -0.2) is 59.1 Å². The molecule has 0 amide bonds. The van der Waals surface area contributed by atoms with Gasteiger partial charge >= 0.3 is 0 Å². The third-order valence-electron chi connectivity index (χ3n) is 7.26. The third-order valence-corrected chi connectivity index (χ3v) is 7.26. The summed E-state index contributed by atoms with van der Waals surface area (Å²) in [6.45, 7) is 6.20. The van der Waals surface area contributed by atoms with Crippen LogP contribution in [-0.2, 0) is 0 Å². The molecule has 3 aliphatic rings. The highest BCUT2D eigenvalue weighted by Crippen LogP contribution is 2.29. The molecule has 2 N–H and O–H groups in total. The Bertz CT molecular complexity index is 726. The van der Waals surface area contributed by atoms with Crippen molar-refractivity contribution >= 4 is 11.6 Å². The normalized spacial score (nSPS) is 27.3. The number of anilines is 1. The number of rotatable bonds is 3. The fourth-order valence-corrected chi connectivity index (χ4v) is 5.31. The van der Waals surface area contributed by atoms with Crippen LogP contribution in [0.3, 0.4) is 0 Å².